The molecule has 112 valence electrons. The topological polar surface area (TPSA) is 67.8 Å². The third-order valence-corrected chi connectivity index (χ3v) is 3.50. The van der Waals surface area contributed by atoms with E-state index in [2.05, 4.69) is 19.0 Å². The lowest BCUT2D eigenvalue weighted by molar-refractivity contribution is -0.174. The molecule has 0 amide bonds. The first kappa shape index (κ1) is 16.1. The average Bonchev–Trinajstić information content (AvgIpc) is 2.25. The van der Waals surface area contributed by atoms with E-state index in [1.165, 1.54) is 0 Å². The summed E-state index contributed by atoms with van der Waals surface area (Å²) in [5, 5.41) is 10.8. The van der Waals surface area contributed by atoms with E-state index in [0.717, 1.165) is 19.3 Å². The number of ether oxygens (including phenoxy) is 1. The van der Waals surface area contributed by atoms with Crippen molar-refractivity contribution in [3.8, 4) is 0 Å². The molecule has 1 saturated carbocycles. The highest BCUT2D eigenvalue weighted by Crippen LogP contribution is 2.32. The minimum absolute atomic E-state index is 0.185. The van der Waals surface area contributed by atoms with Crippen LogP contribution in [0, 0.1) is 17.8 Å². The van der Waals surface area contributed by atoms with Crippen LogP contribution in [0.2, 0.25) is 0 Å². The molecule has 0 aliphatic heterocycles. The highest BCUT2D eigenvalue weighted by atomic mass is 19.4. The maximum Gasteiger partial charge on any atom is 0.401 e. The molecule has 1 aliphatic rings. The maximum absolute atomic E-state index is 12.7. The van der Waals surface area contributed by atoms with E-state index >= 15 is 0 Å². The Morgan fingerprint density at radius 1 is 1.32 bits per heavy atom. The summed E-state index contributed by atoms with van der Waals surface area (Å²) in [7, 11) is 0. The predicted octanol–water partition coefficient (Wildman–Crippen LogP) is 2.75. The summed E-state index contributed by atoms with van der Waals surface area (Å²) < 4.78 is 43.5. The number of rotatable bonds is 4. The Hall–Kier alpha value is -0.980. The lowest BCUT2D eigenvalue weighted by Crippen LogP contribution is -2.40. The predicted molar refractivity (Wildman–Crippen MR) is 64.9 cm³/mol. The quantitative estimate of drug-likeness (QED) is 0.360. The fourth-order valence-electron chi connectivity index (χ4n) is 2.66. The number of nitrogens with zero attached hydrogens (tertiary/aromatic N) is 1. The van der Waals surface area contributed by atoms with E-state index in [4.69, 9.17) is 15.7 Å². The van der Waals surface area contributed by atoms with E-state index in [1.54, 1.807) is 0 Å². The molecule has 1 aliphatic carbocycles. The van der Waals surface area contributed by atoms with Crippen LogP contribution >= 0.6 is 0 Å². The first-order valence-corrected chi connectivity index (χ1v) is 6.39. The monoisotopic (exact) mass is 282 g/mol. The molecule has 0 aromatic carbocycles. The second-order valence-electron chi connectivity index (χ2n) is 5.49. The molecule has 0 radical (unpaired) electrons. The van der Waals surface area contributed by atoms with E-state index < -0.39 is 24.5 Å². The molecule has 0 aromatic heterocycles. The summed E-state index contributed by atoms with van der Waals surface area (Å²) in [5.41, 5.74) is 5.07. The van der Waals surface area contributed by atoms with Gasteiger partial charge in [0.25, 0.3) is 0 Å². The highest BCUT2D eigenvalue weighted by molar-refractivity contribution is 5.83. The Labute approximate surface area is 110 Å². The van der Waals surface area contributed by atoms with Crippen molar-refractivity contribution in [2.75, 3.05) is 6.61 Å². The Morgan fingerprint density at radius 3 is 2.26 bits per heavy atom. The van der Waals surface area contributed by atoms with Gasteiger partial charge in [0.1, 0.15) is 5.92 Å². The van der Waals surface area contributed by atoms with Gasteiger partial charge in [-0.2, -0.15) is 13.2 Å². The molecule has 19 heavy (non-hydrogen) atoms. The second-order valence-corrected chi connectivity index (χ2v) is 5.49. The van der Waals surface area contributed by atoms with Gasteiger partial charge in [-0.15, -0.1) is 0 Å². The minimum Gasteiger partial charge on any atom is -0.409 e. The van der Waals surface area contributed by atoms with Crippen LogP contribution in [-0.4, -0.2) is 29.9 Å². The molecular weight excluding hydrogens is 261 g/mol. The molecule has 1 rings (SSSR count). The fourth-order valence-corrected chi connectivity index (χ4v) is 2.66. The first-order valence-electron chi connectivity index (χ1n) is 6.39. The van der Waals surface area contributed by atoms with Crippen molar-refractivity contribution in [1.29, 1.82) is 0 Å². The van der Waals surface area contributed by atoms with Crippen molar-refractivity contribution in [2.45, 2.75) is 45.4 Å². The largest absolute Gasteiger partial charge is 0.409 e. The summed E-state index contributed by atoms with van der Waals surface area (Å²) in [6.45, 7) is 3.54. The summed E-state index contributed by atoms with van der Waals surface area (Å²) >= 11 is 0. The van der Waals surface area contributed by atoms with Crippen LogP contribution in [0.1, 0.15) is 33.1 Å². The van der Waals surface area contributed by atoms with Gasteiger partial charge in [-0.05, 0) is 31.1 Å². The van der Waals surface area contributed by atoms with Crippen LogP contribution < -0.4 is 5.73 Å². The molecule has 7 heteroatoms. The molecule has 0 aromatic rings. The van der Waals surface area contributed by atoms with E-state index in [9.17, 15) is 13.2 Å². The van der Waals surface area contributed by atoms with Crippen molar-refractivity contribution in [3.63, 3.8) is 0 Å². The van der Waals surface area contributed by atoms with Gasteiger partial charge in [-0.3, -0.25) is 0 Å². The number of hydrogen-bond acceptors (Lipinski definition) is 3. The Balaban J connectivity index is 2.57. The van der Waals surface area contributed by atoms with Crippen molar-refractivity contribution >= 4 is 5.84 Å². The maximum atomic E-state index is 12.7. The average molecular weight is 282 g/mol. The number of halogens is 3. The zero-order valence-corrected chi connectivity index (χ0v) is 11.2. The van der Waals surface area contributed by atoms with Crippen molar-refractivity contribution in [2.24, 2.45) is 28.6 Å². The summed E-state index contributed by atoms with van der Waals surface area (Å²) in [6, 6.07) is 0. The van der Waals surface area contributed by atoms with Gasteiger partial charge >= 0.3 is 6.18 Å². The van der Waals surface area contributed by atoms with Crippen LogP contribution in [-0.2, 0) is 4.74 Å². The van der Waals surface area contributed by atoms with Crippen LogP contribution in [0.5, 0.6) is 0 Å². The number of alkyl halides is 3. The second kappa shape index (κ2) is 6.45. The fraction of sp³-hybridized carbons (Fsp3) is 0.917. The number of hydrogen-bond donors (Lipinski definition) is 2. The van der Waals surface area contributed by atoms with Crippen LogP contribution in [0.25, 0.3) is 0 Å². The molecule has 0 heterocycles. The molecule has 1 fully saturated rings. The lowest BCUT2D eigenvalue weighted by atomic mass is 9.82. The van der Waals surface area contributed by atoms with E-state index in [1.807, 2.05) is 0 Å². The molecule has 4 nitrogen and oxygen atoms in total. The van der Waals surface area contributed by atoms with Gasteiger partial charge in [-0.1, -0.05) is 19.0 Å². The number of amidine groups is 1. The Bertz CT molecular complexity index is 311. The highest BCUT2D eigenvalue weighted by Gasteiger charge is 2.43. The molecule has 3 N–H and O–H groups in total. The van der Waals surface area contributed by atoms with E-state index in [0.29, 0.717) is 11.8 Å². The van der Waals surface area contributed by atoms with Crippen LogP contribution in [0.15, 0.2) is 5.16 Å². The van der Waals surface area contributed by atoms with Crippen LogP contribution in [0.3, 0.4) is 0 Å². The molecule has 0 spiro atoms. The van der Waals surface area contributed by atoms with Crippen LogP contribution in [0.4, 0.5) is 13.2 Å². The van der Waals surface area contributed by atoms with Crippen molar-refractivity contribution in [1.82, 2.24) is 0 Å². The van der Waals surface area contributed by atoms with Gasteiger partial charge in [-0.25, -0.2) is 0 Å². The SMILES string of the molecule is CC1CC(C)CC(OCC(C(N)=NO)C(F)(F)F)C1. The zero-order chi connectivity index (χ0) is 14.6. The van der Waals surface area contributed by atoms with Gasteiger partial charge in [0, 0.05) is 0 Å². The standard InChI is InChI=1S/C12H21F3N2O2/c1-7-3-8(2)5-9(4-7)19-6-10(11(16)17-18)12(13,14)15/h7-10,18H,3-6H2,1-2H3,(H2,16,17). The number of nitrogens with two attached hydrogens (primary N) is 1. The van der Waals surface area contributed by atoms with Gasteiger partial charge in [0.05, 0.1) is 12.7 Å². The smallest absolute Gasteiger partial charge is 0.401 e. The number of oxime groups is 1. The third-order valence-electron chi connectivity index (χ3n) is 3.50. The lowest BCUT2D eigenvalue weighted by Gasteiger charge is -2.32. The van der Waals surface area contributed by atoms with Crippen molar-refractivity contribution in [3.05, 3.63) is 0 Å². The Kier molecular flexibility index (Phi) is 5.46. The Morgan fingerprint density at radius 2 is 1.84 bits per heavy atom. The summed E-state index contributed by atoms with van der Waals surface area (Å²) in [5.74, 6) is -2.02. The zero-order valence-electron chi connectivity index (χ0n) is 11.2. The first-order chi connectivity index (χ1) is 8.74. The normalized spacial score (nSPS) is 31.2. The summed E-state index contributed by atoms with van der Waals surface area (Å²) in [6.07, 6.45) is -2.17. The van der Waals surface area contributed by atoms with Gasteiger partial charge < -0.3 is 15.7 Å². The molecule has 3 unspecified atom stereocenters. The van der Waals surface area contributed by atoms with E-state index in [-0.39, 0.29) is 6.10 Å². The van der Waals surface area contributed by atoms with Gasteiger partial charge in [0.15, 0.2) is 5.84 Å². The third kappa shape index (κ3) is 4.89. The minimum atomic E-state index is -4.57. The van der Waals surface area contributed by atoms with Crippen molar-refractivity contribution < 1.29 is 23.1 Å². The van der Waals surface area contributed by atoms with Gasteiger partial charge in [0.2, 0.25) is 0 Å². The summed E-state index contributed by atoms with van der Waals surface area (Å²) in [4.78, 5) is 0. The molecule has 3 atom stereocenters. The molecule has 0 bridgehead atoms. The molecule has 0 saturated heterocycles. The molecular formula is C12H21F3N2O2.